The SMILES string of the molecule is CC(C)(Sc1ccc(F)cc1)C(=N)OC(=N)c1cc(C(C)(C)CO)no1. The van der Waals surface area contributed by atoms with Crippen molar-refractivity contribution in [3.8, 4) is 0 Å². The number of hydrogen-bond acceptors (Lipinski definition) is 7. The first kappa shape index (κ1) is 20.1. The maximum Gasteiger partial charge on any atom is 0.259 e. The molecule has 0 radical (unpaired) electrons. The Bertz CT molecular complexity index is 800. The molecule has 26 heavy (non-hydrogen) atoms. The van der Waals surface area contributed by atoms with Gasteiger partial charge in [0, 0.05) is 16.4 Å². The zero-order chi connectivity index (χ0) is 19.5. The maximum absolute atomic E-state index is 13.0. The van der Waals surface area contributed by atoms with Gasteiger partial charge in [0.2, 0.25) is 11.7 Å². The highest BCUT2D eigenvalue weighted by Crippen LogP contribution is 2.34. The quantitative estimate of drug-likeness (QED) is 0.400. The predicted octanol–water partition coefficient (Wildman–Crippen LogP) is 3.97. The average molecular weight is 379 g/mol. The maximum atomic E-state index is 13.0. The van der Waals surface area contributed by atoms with Crippen molar-refractivity contribution in [3.05, 3.63) is 47.6 Å². The molecule has 1 heterocycles. The molecule has 3 N–H and O–H groups in total. The average Bonchev–Trinajstić information content (AvgIpc) is 3.07. The number of ether oxygens (including phenoxy) is 1. The number of hydrogen-bond donors (Lipinski definition) is 3. The molecule has 0 amide bonds. The Morgan fingerprint density at radius 3 is 2.42 bits per heavy atom. The van der Waals surface area contributed by atoms with Crippen molar-refractivity contribution in [2.24, 2.45) is 0 Å². The summed E-state index contributed by atoms with van der Waals surface area (Å²) in [5.74, 6) is -0.729. The van der Waals surface area contributed by atoms with Crippen LogP contribution in [-0.4, -0.2) is 33.4 Å². The molecule has 0 aliphatic heterocycles. The molecule has 0 saturated heterocycles. The Morgan fingerprint density at radius 2 is 1.85 bits per heavy atom. The Hall–Kier alpha value is -2.19. The van der Waals surface area contributed by atoms with Crippen LogP contribution in [-0.2, 0) is 10.2 Å². The highest BCUT2D eigenvalue weighted by atomic mass is 32.2. The van der Waals surface area contributed by atoms with Crippen LogP contribution in [0.3, 0.4) is 0 Å². The normalized spacial score (nSPS) is 12.1. The molecule has 0 unspecified atom stereocenters. The molecule has 1 aromatic carbocycles. The Labute approximate surface area is 155 Å². The lowest BCUT2D eigenvalue weighted by Gasteiger charge is -2.24. The summed E-state index contributed by atoms with van der Waals surface area (Å²) in [4.78, 5) is 0.780. The largest absolute Gasteiger partial charge is 0.420 e. The highest BCUT2D eigenvalue weighted by Gasteiger charge is 2.30. The smallest absolute Gasteiger partial charge is 0.259 e. The molecule has 2 aromatic rings. The molecule has 0 saturated carbocycles. The fraction of sp³-hybridized carbons (Fsp3) is 0.389. The van der Waals surface area contributed by atoms with Gasteiger partial charge in [0.25, 0.3) is 5.90 Å². The van der Waals surface area contributed by atoms with Crippen LogP contribution in [0.4, 0.5) is 4.39 Å². The van der Waals surface area contributed by atoms with E-state index in [1.165, 1.54) is 30.0 Å². The monoisotopic (exact) mass is 379 g/mol. The Balaban J connectivity index is 2.05. The van der Waals surface area contributed by atoms with E-state index in [4.69, 9.17) is 20.1 Å². The van der Waals surface area contributed by atoms with Crippen molar-refractivity contribution in [3.63, 3.8) is 0 Å². The van der Waals surface area contributed by atoms with Gasteiger partial charge in [-0.15, -0.1) is 11.8 Å². The molecule has 0 aliphatic rings. The molecule has 1 aromatic heterocycles. The lowest BCUT2D eigenvalue weighted by molar-refractivity contribution is 0.210. The number of rotatable bonds is 6. The van der Waals surface area contributed by atoms with E-state index in [9.17, 15) is 9.50 Å². The summed E-state index contributed by atoms with van der Waals surface area (Å²) >= 11 is 1.32. The van der Waals surface area contributed by atoms with Gasteiger partial charge in [-0.2, -0.15) is 0 Å². The second-order valence-corrected chi connectivity index (χ2v) is 8.64. The van der Waals surface area contributed by atoms with Crippen LogP contribution in [0, 0.1) is 16.6 Å². The first-order valence-electron chi connectivity index (χ1n) is 7.93. The van der Waals surface area contributed by atoms with Crippen LogP contribution >= 0.6 is 11.8 Å². The molecule has 6 nitrogen and oxygen atoms in total. The third kappa shape index (κ3) is 4.70. The van der Waals surface area contributed by atoms with Crippen LogP contribution in [0.15, 0.2) is 39.8 Å². The first-order valence-corrected chi connectivity index (χ1v) is 8.75. The van der Waals surface area contributed by atoms with Gasteiger partial charge in [0.05, 0.1) is 17.0 Å². The van der Waals surface area contributed by atoms with Crippen molar-refractivity contribution in [2.75, 3.05) is 6.61 Å². The lowest BCUT2D eigenvalue weighted by atomic mass is 9.90. The molecular formula is C18H22FN3O3S. The van der Waals surface area contributed by atoms with Gasteiger partial charge in [-0.25, -0.2) is 4.39 Å². The van der Waals surface area contributed by atoms with E-state index in [0.717, 1.165) is 4.90 Å². The minimum atomic E-state index is -0.780. The van der Waals surface area contributed by atoms with Crippen LogP contribution in [0.25, 0.3) is 0 Å². The van der Waals surface area contributed by atoms with E-state index < -0.39 is 10.2 Å². The highest BCUT2D eigenvalue weighted by molar-refractivity contribution is 8.01. The topological polar surface area (TPSA) is 103 Å². The molecule has 0 aliphatic carbocycles. The van der Waals surface area contributed by atoms with Crippen molar-refractivity contribution in [2.45, 2.75) is 42.8 Å². The number of halogens is 1. The molecule has 2 rings (SSSR count). The number of nitrogens with one attached hydrogen (secondary N) is 2. The van der Waals surface area contributed by atoms with E-state index in [-0.39, 0.29) is 30.0 Å². The number of aliphatic hydroxyl groups is 1. The van der Waals surface area contributed by atoms with Gasteiger partial charge in [-0.05, 0) is 38.1 Å². The van der Waals surface area contributed by atoms with Gasteiger partial charge in [0.15, 0.2) is 0 Å². The molecular weight excluding hydrogens is 357 g/mol. The molecule has 0 spiro atoms. The van der Waals surface area contributed by atoms with E-state index in [1.807, 2.05) is 0 Å². The standard InChI is InChI=1S/C18H22FN3O3S/c1-17(2,10-23)14-9-13(25-22-14)15(20)24-16(21)18(3,4)26-12-7-5-11(19)6-8-12/h5-9,20-21,23H,10H2,1-4H3. The summed E-state index contributed by atoms with van der Waals surface area (Å²) in [6.07, 6.45) is 0. The fourth-order valence-electron chi connectivity index (χ4n) is 1.90. The number of thioether (sulfide) groups is 1. The minimum absolute atomic E-state index is 0.0776. The number of benzene rings is 1. The number of aromatic nitrogens is 1. The molecule has 0 bridgehead atoms. The van der Waals surface area contributed by atoms with Crippen LogP contribution in [0.1, 0.15) is 39.1 Å². The zero-order valence-corrected chi connectivity index (χ0v) is 15.9. The van der Waals surface area contributed by atoms with Crippen molar-refractivity contribution >= 4 is 23.6 Å². The summed E-state index contributed by atoms with van der Waals surface area (Å²) in [6.45, 7) is 7.02. The van der Waals surface area contributed by atoms with Crippen LogP contribution in [0.5, 0.6) is 0 Å². The van der Waals surface area contributed by atoms with Gasteiger partial charge in [0.1, 0.15) is 5.82 Å². The molecule has 140 valence electrons. The third-order valence-corrected chi connectivity index (χ3v) is 4.96. The summed E-state index contributed by atoms with van der Waals surface area (Å²) < 4.78 is 22.7. The second kappa shape index (κ2) is 7.59. The number of nitrogens with zero attached hydrogens (tertiary/aromatic N) is 1. The third-order valence-electron chi connectivity index (χ3n) is 3.76. The predicted molar refractivity (Wildman–Crippen MR) is 98.6 cm³/mol. The Kier molecular flexibility index (Phi) is 5.87. The van der Waals surface area contributed by atoms with Gasteiger partial charge < -0.3 is 14.4 Å². The minimum Gasteiger partial charge on any atom is -0.420 e. The van der Waals surface area contributed by atoms with Gasteiger partial charge >= 0.3 is 0 Å². The summed E-state index contributed by atoms with van der Waals surface area (Å²) in [6, 6.07) is 7.47. The van der Waals surface area contributed by atoms with Crippen molar-refractivity contribution in [1.82, 2.24) is 5.16 Å². The summed E-state index contributed by atoms with van der Waals surface area (Å²) in [7, 11) is 0. The lowest BCUT2D eigenvalue weighted by Crippen LogP contribution is -2.31. The number of aliphatic hydroxyl groups excluding tert-OH is 1. The van der Waals surface area contributed by atoms with E-state index in [2.05, 4.69) is 5.16 Å². The van der Waals surface area contributed by atoms with Gasteiger partial charge in [-0.1, -0.05) is 19.0 Å². The summed E-state index contributed by atoms with van der Waals surface area (Å²) in [5.41, 5.74) is -0.109. The van der Waals surface area contributed by atoms with Crippen molar-refractivity contribution < 1.29 is 18.8 Å². The zero-order valence-electron chi connectivity index (χ0n) is 15.1. The van der Waals surface area contributed by atoms with Gasteiger partial charge in [-0.3, -0.25) is 10.8 Å². The van der Waals surface area contributed by atoms with Crippen LogP contribution < -0.4 is 0 Å². The molecule has 8 heteroatoms. The second-order valence-electron chi connectivity index (χ2n) is 6.95. The Morgan fingerprint density at radius 1 is 1.23 bits per heavy atom. The molecule has 0 atom stereocenters. The fourth-order valence-corrected chi connectivity index (χ4v) is 2.90. The van der Waals surface area contributed by atoms with E-state index in [1.54, 1.807) is 39.8 Å². The first-order chi connectivity index (χ1) is 12.0. The molecule has 0 fully saturated rings. The van der Waals surface area contributed by atoms with Crippen molar-refractivity contribution in [1.29, 1.82) is 10.8 Å². The van der Waals surface area contributed by atoms with E-state index >= 15 is 0 Å². The van der Waals surface area contributed by atoms with Crippen LogP contribution in [0.2, 0.25) is 0 Å². The summed E-state index contributed by atoms with van der Waals surface area (Å²) in [5, 5.41) is 29.4. The van der Waals surface area contributed by atoms with E-state index in [0.29, 0.717) is 5.69 Å².